The maximum Gasteiger partial charge on any atom is 0.255 e. The highest BCUT2D eigenvalue weighted by Crippen LogP contribution is 2.24. The number of carbonyl (C=O) groups excluding carboxylic acids is 2. The monoisotopic (exact) mass is 328 g/mol. The minimum absolute atomic E-state index is 0.00155. The van der Waals surface area contributed by atoms with Gasteiger partial charge >= 0.3 is 0 Å². The molecule has 0 atom stereocenters. The van der Waals surface area contributed by atoms with Crippen LogP contribution in [0.1, 0.15) is 23.2 Å². The van der Waals surface area contributed by atoms with Crippen molar-refractivity contribution in [1.82, 2.24) is 20.4 Å². The molecule has 2 amide bonds. The van der Waals surface area contributed by atoms with Gasteiger partial charge in [0.15, 0.2) is 0 Å². The van der Waals surface area contributed by atoms with Gasteiger partial charge in [-0.3, -0.25) is 14.7 Å². The molecular formula is C17H20N4O3. The average Bonchev–Trinajstić information content (AvgIpc) is 3.30. The predicted octanol–water partition coefficient (Wildman–Crippen LogP) is 1.44. The van der Waals surface area contributed by atoms with Crippen LogP contribution in [0.5, 0.6) is 5.75 Å². The number of hydrogen-bond donors (Lipinski definition) is 2. The summed E-state index contributed by atoms with van der Waals surface area (Å²) in [6, 6.07) is 7.35. The molecule has 1 fully saturated rings. The van der Waals surface area contributed by atoms with Crippen molar-refractivity contribution >= 4 is 11.8 Å². The van der Waals surface area contributed by atoms with E-state index in [-0.39, 0.29) is 18.4 Å². The first-order valence-electron chi connectivity index (χ1n) is 7.93. The molecule has 0 aliphatic carbocycles. The Balaban J connectivity index is 1.69. The molecule has 0 unspecified atom stereocenters. The van der Waals surface area contributed by atoms with Crippen LogP contribution in [0.15, 0.2) is 30.5 Å². The standard InChI is InChI=1S/C17H20N4O3/c1-24-13-6-4-5-12(9-13)16-14(10-19-20-16)17(23)18-11-15(22)21-7-2-3-8-21/h4-6,9-10H,2-3,7-8,11H2,1H3,(H,18,23)(H,19,20). The number of likely N-dealkylation sites (tertiary alicyclic amines) is 1. The van der Waals surface area contributed by atoms with Crippen LogP contribution in [0.2, 0.25) is 0 Å². The Hall–Kier alpha value is -2.83. The molecule has 126 valence electrons. The molecule has 2 heterocycles. The van der Waals surface area contributed by atoms with E-state index in [0.717, 1.165) is 31.5 Å². The molecule has 1 aromatic heterocycles. The first-order chi connectivity index (χ1) is 11.7. The largest absolute Gasteiger partial charge is 0.497 e. The Bertz CT molecular complexity index is 735. The summed E-state index contributed by atoms with van der Waals surface area (Å²) in [7, 11) is 1.59. The van der Waals surface area contributed by atoms with Gasteiger partial charge < -0.3 is 15.0 Å². The minimum atomic E-state index is -0.325. The lowest BCUT2D eigenvalue weighted by atomic mass is 10.1. The van der Waals surface area contributed by atoms with Crippen molar-refractivity contribution in [3.63, 3.8) is 0 Å². The van der Waals surface area contributed by atoms with Crippen LogP contribution in [0.25, 0.3) is 11.3 Å². The van der Waals surface area contributed by atoms with Gasteiger partial charge in [0, 0.05) is 18.7 Å². The SMILES string of the molecule is COc1cccc(-c2[nH]ncc2C(=O)NCC(=O)N2CCCC2)c1. The number of H-pyrrole nitrogens is 1. The van der Waals surface area contributed by atoms with Crippen LogP contribution in [-0.4, -0.2) is 53.7 Å². The molecule has 0 spiro atoms. The fourth-order valence-corrected chi connectivity index (χ4v) is 2.79. The summed E-state index contributed by atoms with van der Waals surface area (Å²) >= 11 is 0. The highest BCUT2D eigenvalue weighted by Gasteiger charge is 2.20. The molecule has 1 saturated heterocycles. The zero-order valence-electron chi connectivity index (χ0n) is 13.5. The normalized spacial score (nSPS) is 13.8. The highest BCUT2D eigenvalue weighted by atomic mass is 16.5. The van der Waals surface area contributed by atoms with Gasteiger partial charge in [0.2, 0.25) is 5.91 Å². The van der Waals surface area contributed by atoms with Crippen molar-refractivity contribution in [2.24, 2.45) is 0 Å². The molecule has 24 heavy (non-hydrogen) atoms. The molecule has 2 aromatic rings. The lowest BCUT2D eigenvalue weighted by Crippen LogP contribution is -2.38. The second kappa shape index (κ2) is 7.16. The van der Waals surface area contributed by atoms with Crippen LogP contribution in [0.4, 0.5) is 0 Å². The van der Waals surface area contributed by atoms with Crippen molar-refractivity contribution < 1.29 is 14.3 Å². The van der Waals surface area contributed by atoms with Crippen LogP contribution < -0.4 is 10.1 Å². The highest BCUT2D eigenvalue weighted by molar-refractivity contribution is 6.01. The molecule has 7 nitrogen and oxygen atoms in total. The van der Waals surface area contributed by atoms with Gasteiger partial charge in [0.05, 0.1) is 31.1 Å². The molecule has 0 saturated carbocycles. The van der Waals surface area contributed by atoms with Crippen molar-refractivity contribution in [1.29, 1.82) is 0 Å². The first-order valence-corrected chi connectivity index (χ1v) is 7.93. The van der Waals surface area contributed by atoms with Gasteiger partial charge in [0.25, 0.3) is 5.91 Å². The second-order valence-corrected chi connectivity index (χ2v) is 5.66. The van der Waals surface area contributed by atoms with Crippen LogP contribution in [0.3, 0.4) is 0 Å². The third kappa shape index (κ3) is 3.40. The summed E-state index contributed by atoms with van der Waals surface area (Å²) in [5.74, 6) is 0.319. The van der Waals surface area contributed by atoms with Gasteiger partial charge in [-0.05, 0) is 25.0 Å². The quantitative estimate of drug-likeness (QED) is 0.869. The Morgan fingerprint density at radius 1 is 1.33 bits per heavy atom. The fourth-order valence-electron chi connectivity index (χ4n) is 2.79. The molecule has 2 N–H and O–H groups in total. The number of rotatable bonds is 5. The molecule has 1 aromatic carbocycles. The number of aromatic nitrogens is 2. The number of hydrogen-bond acceptors (Lipinski definition) is 4. The van der Waals surface area contributed by atoms with Crippen molar-refractivity contribution in [3.8, 4) is 17.0 Å². The Labute approximate surface area is 140 Å². The van der Waals surface area contributed by atoms with Crippen molar-refractivity contribution in [2.75, 3.05) is 26.7 Å². The number of methoxy groups -OCH3 is 1. The average molecular weight is 328 g/mol. The summed E-state index contributed by atoms with van der Waals surface area (Å²) in [6.45, 7) is 1.55. The van der Waals surface area contributed by atoms with Crippen LogP contribution >= 0.6 is 0 Å². The molecule has 1 aliphatic rings. The summed E-state index contributed by atoms with van der Waals surface area (Å²) in [4.78, 5) is 26.2. The van der Waals surface area contributed by atoms with Gasteiger partial charge in [-0.1, -0.05) is 12.1 Å². The predicted molar refractivity (Wildman–Crippen MR) is 88.7 cm³/mol. The van der Waals surface area contributed by atoms with E-state index in [1.165, 1.54) is 6.20 Å². The second-order valence-electron chi connectivity index (χ2n) is 5.66. The summed E-state index contributed by atoms with van der Waals surface area (Å²) in [5.41, 5.74) is 1.79. The third-order valence-corrected chi connectivity index (χ3v) is 4.10. The fraction of sp³-hybridized carbons (Fsp3) is 0.353. The smallest absolute Gasteiger partial charge is 0.255 e. The van der Waals surface area contributed by atoms with E-state index in [4.69, 9.17) is 4.74 Å². The van der Waals surface area contributed by atoms with E-state index in [2.05, 4.69) is 15.5 Å². The lowest BCUT2D eigenvalue weighted by molar-refractivity contribution is -0.129. The number of aromatic amines is 1. The Morgan fingerprint density at radius 3 is 2.88 bits per heavy atom. The van der Waals surface area contributed by atoms with E-state index in [1.807, 2.05) is 24.3 Å². The van der Waals surface area contributed by atoms with E-state index in [9.17, 15) is 9.59 Å². The Morgan fingerprint density at radius 2 is 2.12 bits per heavy atom. The lowest BCUT2D eigenvalue weighted by Gasteiger charge is -2.15. The molecule has 7 heteroatoms. The molecular weight excluding hydrogens is 308 g/mol. The number of benzene rings is 1. The number of ether oxygens (including phenoxy) is 1. The minimum Gasteiger partial charge on any atom is -0.497 e. The van der Waals surface area contributed by atoms with Gasteiger partial charge in [-0.25, -0.2) is 0 Å². The van der Waals surface area contributed by atoms with E-state index < -0.39 is 0 Å². The molecule has 0 radical (unpaired) electrons. The number of amides is 2. The van der Waals surface area contributed by atoms with E-state index in [0.29, 0.717) is 17.0 Å². The third-order valence-electron chi connectivity index (χ3n) is 4.10. The zero-order chi connectivity index (χ0) is 16.9. The Kier molecular flexibility index (Phi) is 4.79. The van der Waals surface area contributed by atoms with Crippen molar-refractivity contribution in [3.05, 3.63) is 36.0 Å². The summed E-state index contributed by atoms with van der Waals surface area (Å²) < 4.78 is 5.20. The number of carbonyl (C=O) groups is 2. The van der Waals surface area contributed by atoms with Gasteiger partial charge in [-0.2, -0.15) is 5.10 Å². The van der Waals surface area contributed by atoms with Crippen molar-refractivity contribution in [2.45, 2.75) is 12.8 Å². The van der Waals surface area contributed by atoms with E-state index in [1.54, 1.807) is 12.0 Å². The molecule has 0 bridgehead atoms. The van der Waals surface area contributed by atoms with Crippen LogP contribution in [-0.2, 0) is 4.79 Å². The molecule has 3 rings (SSSR count). The molecule has 1 aliphatic heterocycles. The topological polar surface area (TPSA) is 87.3 Å². The first kappa shape index (κ1) is 16.0. The van der Waals surface area contributed by atoms with Gasteiger partial charge in [-0.15, -0.1) is 0 Å². The summed E-state index contributed by atoms with van der Waals surface area (Å²) in [6.07, 6.45) is 3.52. The zero-order valence-corrected chi connectivity index (χ0v) is 13.5. The maximum atomic E-state index is 12.4. The maximum absolute atomic E-state index is 12.4. The van der Waals surface area contributed by atoms with E-state index >= 15 is 0 Å². The number of nitrogens with one attached hydrogen (secondary N) is 2. The summed E-state index contributed by atoms with van der Waals surface area (Å²) in [5, 5.41) is 9.47. The van der Waals surface area contributed by atoms with Gasteiger partial charge in [0.1, 0.15) is 5.75 Å². The number of nitrogens with zero attached hydrogens (tertiary/aromatic N) is 2. The van der Waals surface area contributed by atoms with Crippen LogP contribution in [0, 0.1) is 0 Å².